The van der Waals surface area contributed by atoms with Crippen LogP contribution in [0.2, 0.25) is 0 Å². The molecule has 0 bridgehead atoms. The van der Waals surface area contributed by atoms with Gasteiger partial charge in [-0.1, -0.05) is 17.2 Å². The van der Waals surface area contributed by atoms with Crippen molar-refractivity contribution in [2.75, 3.05) is 5.73 Å². The summed E-state index contributed by atoms with van der Waals surface area (Å²) >= 11 is 0. The third-order valence-electron chi connectivity index (χ3n) is 4.42. The van der Waals surface area contributed by atoms with E-state index < -0.39 is 11.6 Å². The Labute approximate surface area is 154 Å². The fourth-order valence-electron chi connectivity index (χ4n) is 3.02. The molecule has 1 fully saturated rings. The summed E-state index contributed by atoms with van der Waals surface area (Å²) in [5.74, 6) is 0.307. The minimum absolute atomic E-state index is 0.0655. The molecule has 140 valence electrons. The number of hydrogen-bond donors (Lipinski definition) is 2. The highest BCUT2D eigenvalue weighted by Gasteiger charge is 2.38. The van der Waals surface area contributed by atoms with Crippen LogP contribution < -0.4 is 15.8 Å². The molecule has 1 saturated carbocycles. The van der Waals surface area contributed by atoms with E-state index in [-0.39, 0.29) is 12.6 Å². The van der Waals surface area contributed by atoms with Crippen LogP contribution in [-0.2, 0) is 13.2 Å². The summed E-state index contributed by atoms with van der Waals surface area (Å²) in [5, 5.41) is 10.8. The molecule has 0 amide bonds. The van der Waals surface area contributed by atoms with Gasteiger partial charge in [0.25, 0.3) is 0 Å². The van der Waals surface area contributed by atoms with Gasteiger partial charge in [0, 0.05) is 18.0 Å². The number of benzene rings is 2. The number of nitrogens with zero attached hydrogens (tertiary/aromatic N) is 2. The van der Waals surface area contributed by atoms with E-state index in [9.17, 15) is 8.78 Å². The second-order valence-electron chi connectivity index (χ2n) is 6.50. The lowest BCUT2D eigenvalue weighted by atomic mass is 10.1. The van der Waals surface area contributed by atoms with Gasteiger partial charge in [-0.15, -0.1) is 5.10 Å². The second-order valence-corrected chi connectivity index (χ2v) is 6.50. The topological polar surface area (TPSA) is 86.2 Å². The zero-order valence-electron chi connectivity index (χ0n) is 14.4. The summed E-state index contributed by atoms with van der Waals surface area (Å²) in [5.41, 5.74) is 7.04. The first-order valence-electron chi connectivity index (χ1n) is 8.56. The van der Waals surface area contributed by atoms with Crippen LogP contribution in [0.1, 0.15) is 29.4 Å². The molecule has 3 aromatic rings. The molecule has 2 atom stereocenters. The van der Waals surface area contributed by atoms with Crippen LogP contribution in [0.5, 0.6) is 5.75 Å². The van der Waals surface area contributed by atoms with Crippen molar-refractivity contribution in [1.82, 2.24) is 15.5 Å². The van der Waals surface area contributed by atoms with Crippen molar-refractivity contribution in [1.29, 1.82) is 0 Å². The summed E-state index contributed by atoms with van der Waals surface area (Å²) in [7, 11) is 0. The molecular formula is C19H18F2N4O2. The molecule has 1 heterocycles. The van der Waals surface area contributed by atoms with Gasteiger partial charge >= 0.3 is 6.01 Å². The minimum Gasteiger partial charge on any atom is -0.489 e. The smallest absolute Gasteiger partial charge is 0.312 e. The van der Waals surface area contributed by atoms with Crippen molar-refractivity contribution in [3.8, 4) is 5.75 Å². The molecular weight excluding hydrogens is 354 g/mol. The molecule has 0 aliphatic heterocycles. The Morgan fingerprint density at radius 2 is 1.85 bits per heavy atom. The van der Waals surface area contributed by atoms with Crippen molar-refractivity contribution in [2.24, 2.45) is 0 Å². The van der Waals surface area contributed by atoms with E-state index >= 15 is 0 Å². The summed E-state index contributed by atoms with van der Waals surface area (Å²) in [6.45, 7) is 0.589. The van der Waals surface area contributed by atoms with Crippen LogP contribution in [0.15, 0.2) is 46.9 Å². The first kappa shape index (κ1) is 17.4. The van der Waals surface area contributed by atoms with Crippen LogP contribution in [0.3, 0.4) is 0 Å². The van der Waals surface area contributed by atoms with E-state index in [1.165, 1.54) is 17.7 Å². The molecule has 1 aliphatic carbocycles. The van der Waals surface area contributed by atoms with Gasteiger partial charge in [-0.25, -0.2) is 8.78 Å². The maximum atomic E-state index is 13.2. The summed E-state index contributed by atoms with van der Waals surface area (Å²) in [4.78, 5) is 0. The molecule has 0 saturated heterocycles. The van der Waals surface area contributed by atoms with Gasteiger partial charge < -0.3 is 20.2 Å². The number of ether oxygens (including phenoxy) is 1. The van der Waals surface area contributed by atoms with Gasteiger partial charge in [0.05, 0.1) is 6.54 Å². The minimum atomic E-state index is -0.612. The van der Waals surface area contributed by atoms with Crippen molar-refractivity contribution in [3.05, 3.63) is 71.1 Å². The normalized spacial score (nSPS) is 18.4. The Bertz CT molecular complexity index is 909. The van der Waals surface area contributed by atoms with Gasteiger partial charge in [0.15, 0.2) is 0 Å². The summed E-state index contributed by atoms with van der Waals surface area (Å²) in [6, 6.07) is 11.5. The quantitative estimate of drug-likeness (QED) is 0.663. The first-order chi connectivity index (χ1) is 13.1. The zero-order valence-corrected chi connectivity index (χ0v) is 14.4. The zero-order chi connectivity index (χ0) is 18.8. The average molecular weight is 372 g/mol. The van der Waals surface area contributed by atoms with Gasteiger partial charge in [0.2, 0.25) is 5.89 Å². The highest BCUT2D eigenvalue weighted by atomic mass is 19.1. The monoisotopic (exact) mass is 372 g/mol. The maximum absolute atomic E-state index is 13.2. The molecule has 0 radical (unpaired) electrons. The van der Waals surface area contributed by atoms with Crippen LogP contribution >= 0.6 is 0 Å². The number of anilines is 1. The number of nitrogen functional groups attached to an aromatic ring is 1. The van der Waals surface area contributed by atoms with Gasteiger partial charge in [-0.2, -0.15) is 0 Å². The molecule has 27 heavy (non-hydrogen) atoms. The fourth-order valence-corrected chi connectivity index (χ4v) is 3.02. The number of rotatable bonds is 7. The predicted molar refractivity (Wildman–Crippen MR) is 93.8 cm³/mol. The highest BCUT2D eigenvalue weighted by Crippen LogP contribution is 2.41. The fraction of sp³-hybridized carbons (Fsp3) is 0.263. The Morgan fingerprint density at radius 3 is 2.52 bits per heavy atom. The molecule has 1 aliphatic rings. The number of hydrogen-bond acceptors (Lipinski definition) is 6. The highest BCUT2D eigenvalue weighted by molar-refractivity contribution is 5.34. The molecule has 1 aromatic heterocycles. The van der Waals surface area contributed by atoms with Gasteiger partial charge in [-0.3, -0.25) is 0 Å². The largest absolute Gasteiger partial charge is 0.489 e. The first-order valence-corrected chi connectivity index (χ1v) is 8.56. The molecule has 4 rings (SSSR count). The van der Waals surface area contributed by atoms with E-state index in [4.69, 9.17) is 14.9 Å². The third kappa shape index (κ3) is 4.40. The molecule has 6 nitrogen and oxygen atoms in total. The van der Waals surface area contributed by atoms with Gasteiger partial charge in [-0.05, 0) is 41.8 Å². The third-order valence-corrected chi connectivity index (χ3v) is 4.42. The lowest BCUT2D eigenvalue weighted by molar-refractivity contribution is 0.304. The Balaban J connectivity index is 1.28. The SMILES string of the molecule is Nc1nnc(CN[C@H]2C[C@@H]2c2ccc(OCc3cc(F)cc(F)c3)cc2)o1. The van der Waals surface area contributed by atoms with E-state index in [1.807, 2.05) is 24.3 Å². The van der Waals surface area contributed by atoms with E-state index in [0.717, 1.165) is 12.5 Å². The lowest BCUT2D eigenvalue weighted by Crippen LogP contribution is -2.17. The maximum Gasteiger partial charge on any atom is 0.312 e. The number of nitrogens with two attached hydrogens (primary N) is 1. The molecule has 2 aromatic carbocycles. The van der Waals surface area contributed by atoms with Crippen molar-refractivity contribution < 1.29 is 17.9 Å². The lowest BCUT2D eigenvalue weighted by Gasteiger charge is -2.08. The molecule has 0 unspecified atom stereocenters. The van der Waals surface area contributed by atoms with Crippen molar-refractivity contribution in [2.45, 2.75) is 31.5 Å². The molecule has 0 spiro atoms. The van der Waals surface area contributed by atoms with Crippen molar-refractivity contribution >= 4 is 6.01 Å². The van der Waals surface area contributed by atoms with Crippen LogP contribution in [0, 0.1) is 11.6 Å². The number of aromatic nitrogens is 2. The summed E-state index contributed by atoms with van der Waals surface area (Å²) < 4.78 is 37.1. The van der Waals surface area contributed by atoms with Crippen molar-refractivity contribution in [3.63, 3.8) is 0 Å². The van der Waals surface area contributed by atoms with Crippen LogP contribution in [0.4, 0.5) is 14.8 Å². The van der Waals surface area contributed by atoms with E-state index in [0.29, 0.717) is 35.7 Å². The second kappa shape index (κ2) is 7.32. The summed E-state index contributed by atoms with van der Waals surface area (Å²) in [6.07, 6.45) is 1.02. The predicted octanol–water partition coefficient (Wildman–Crippen LogP) is 3.15. The van der Waals surface area contributed by atoms with Crippen LogP contribution in [-0.4, -0.2) is 16.2 Å². The Kier molecular flexibility index (Phi) is 4.72. The standard InChI is InChI=1S/C19H18F2N4O2/c20-13-5-11(6-14(21)7-13)10-26-15-3-1-12(2-4-15)16-8-17(16)23-9-18-24-25-19(22)27-18/h1-7,16-17,23H,8-10H2,(H2,22,25)/t16-,17+/m1/s1. The van der Waals surface area contributed by atoms with E-state index in [1.54, 1.807) is 0 Å². The van der Waals surface area contributed by atoms with Crippen LogP contribution in [0.25, 0.3) is 0 Å². The molecule has 8 heteroatoms. The Morgan fingerprint density at radius 1 is 1.11 bits per heavy atom. The van der Waals surface area contributed by atoms with E-state index in [2.05, 4.69) is 15.5 Å². The average Bonchev–Trinajstić information content (AvgIpc) is 3.30. The van der Waals surface area contributed by atoms with Gasteiger partial charge in [0.1, 0.15) is 24.0 Å². The number of halogens is 2. The number of nitrogens with one attached hydrogen (secondary N) is 1. The molecule has 3 N–H and O–H groups in total. The Hall–Kier alpha value is -3.00.